The molecule has 1 aliphatic rings. The second-order valence-electron chi connectivity index (χ2n) is 8.89. The van der Waals surface area contributed by atoms with Crippen LogP contribution in [0.3, 0.4) is 0 Å². The van der Waals surface area contributed by atoms with Gasteiger partial charge in [0.1, 0.15) is 5.82 Å². The third kappa shape index (κ3) is 4.35. The molecular weight excluding hydrogens is 469 g/mol. The Hall–Kier alpha value is -3.15. The van der Waals surface area contributed by atoms with E-state index in [9.17, 15) is 12.8 Å². The van der Waals surface area contributed by atoms with E-state index in [0.717, 1.165) is 40.7 Å². The summed E-state index contributed by atoms with van der Waals surface area (Å²) in [7, 11) is -2.14. The number of piperazine rings is 1. The number of halogens is 1. The van der Waals surface area contributed by atoms with Crippen molar-refractivity contribution in [2.75, 3.05) is 26.2 Å². The lowest BCUT2D eigenvalue weighted by Gasteiger charge is -2.41. The number of hydrogen-bond donors (Lipinski definition) is 0. The second kappa shape index (κ2) is 9.14. The van der Waals surface area contributed by atoms with Crippen LogP contribution < -0.4 is 0 Å². The van der Waals surface area contributed by atoms with Gasteiger partial charge in [0.25, 0.3) is 10.0 Å². The zero-order chi connectivity index (χ0) is 24.7. The predicted octanol–water partition coefficient (Wildman–Crippen LogP) is 3.06. The molecule has 0 unspecified atom stereocenters. The van der Waals surface area contributed by atoms with Crippen LogP contribution in [0.4, 0.5) is 4.39 Å². The van der Waals surface area contributed by atoms with Crippen LogP contribution >= 0.6 is 0 Å². The highest BCUT2D eigenvalue weighted by molar-refractivity contribution is 7.89. The van der Waals surface area contributed by atoms with Gasteiger partial charge in [0.05, 0.1) is 23.6 Å². The predicted molar refractivity (Wildman–Crippen MR) is 130 cm³/mol. The molecule has 1 aliphatic heterocycles. The number of sulfonamides is 1. The Kier molecular flexibility index (Phi) is 6.16. The molecule has 1 saturated heterocycles. The monoisotopic (exact) mass is 497 g/mol. The van der Waals surface area contributed by atoms with E-state index in [1.54, 1.807) is 30.1 Å². The first-order valence-electron chi connectivity index (χ1n) is 11.6. The lowest BCUT2D eigenvalue weighted by atomic mass is 9.96. The SMILES string of the molecule is CCCN1CCN(S(=O)(=O)c2cnn(C)n2)C[C@@H]1c1cc2cnn(-c3ccc(F)cc3)c2cc1C. The first-order chi connectivity index (χ1) is 16.8. The first kappa shape index (κ1) is 23.6. The lowest BCUT2D eigenvalue weighted by molar-refractivity contribution is 0.118. The topological polar surface area (TPSA) is 89.2 Å². The number of hydrogen-bond acceptors (Lipinski definition) is 6. The summed E-state index contributed by atoms with van der Waals surface area (Å²) in [5.41, 5.74) is 3.81. The summed E-state index contributed by atoms with van der Waals surface area (Å²) in [5.74, 6) is -0.294. The number of benzene rings is 2. The van der Waals surface area contributed by atoms with Crippen molar-refractivity contribution in [3.63, 3.8) is 0 Å². The van der Waals surface area contributed by atoms with E-state index >= 15 is 0 Å². The molecule has 0 saturated carbocycles. The number of rotatable bonds is 6. The van der Waals surface area contributed by atoms with Crippen molar-refractivity contribution in [3.8, 4) is 5.69 Å². The molecule has 0 spiro atoms. The summed E-state index contributed by atoms with van der Waals surface area (Å²) in [6.45, 7) is 6.40. The van der Waals surface area contributed by atoms with Crippen LogP contribution in [-0.2, 0) is 17.1 Å². The Bertz CT molecular complexity index is 1460. The van der Waals surface area contributed by atoms with Crippen LogP contribution in [0.15, 0.2) is 53.8 Å². The standard InChI is InChI=1S/C24H28FN7O2S/c1-4-9-30-10-11-31(35(33,34)24-15-26-29(3)28-24)16-23(30)21-13-18-14-27-32(22(18)12-17(21)2)20-7-5-19(25)6-8-20/h5-8,12-15,23H,4,9-11,16H2,1-3H3/t23-/m1/s1. The summed E-state index contributed by atoms with van der Waals surface area (Å²) in [5, 5.41) is 13.4. The zero-order valence-corrected chi connectivity index (χ0v) is 20.8. The average molecular weight is 498 g/mol. The van der Waals surface area contributed by atoms with Gasteiger partial charge in [0.15, 0.2) is 0 Å². The normalized spacial score (nSPS) is 17.9. The van der Waals surface area contributed by atoms with Gasteiger partial charge < -0.3 is 0 Å². The number of fused-ring (bicyclic) bond motifs is 1. The molecule has 1 atom stereocenters. The highest BCUT2D eigenvalue weighted by atomic mass is 32.2. The number of aromatic nitrogens is 5. The van der Waals surface area contributed by atoms with Gasteiger partial charge in [-0.2, -0.15) is 19.3 Å². The van der Waals surface area contributed by atoms with Gasteiger partial charge in [0.2, 0.25) is 5.03 Å². The van der Waals surface area contributed by atoms with Crippen LogP contribution in [0.1, 0.15) is 30.5 Å². The van der Waals surface area contributed by atoms with Crippen molar-refractivity contribution >= 4 is 20.9 Å². The van der Waals surface area contributed by atoms with Crippen molar-refractivity contribution in [1.82, 2.24) is 34.0 Å². The zero-order valence-electron chi connectivity index (χ0n) is 20.0. The Morgan fingerprint density at radius 1 is 1.09 bits per heavy atom. The maximum Gasteiger partial charge on any atom is 0.264 e. The fourth-order valence-corrected chi connectivity index (χ4v) is 6.11. The molecule has 0 N–H and O–H groups in total. The average Bonchev–Trinajstić information content (AvgIpc) is 3.46. The van der Waals surface area contributed by atoms with E-state index < -0.39 is 10.0 Å². The van der Waals surface area contributed by atoms with Gasteiger partial charge in [-0.15, -0.1) is 5.10 Å². The Morgan fingerprint density at radius 2 is 1.86 bits per heavy atom. The molecule has 0 radical (unpaired) electrons. The van der Waals surface area contributed by atoms with Crippen molar-refractivity contribution in [1.29, 1.82) is 0 Å². The van der Waals surface area contributed by atoms with Gasteiger partial charge in [-0.3, -0.25) is 4.90 Å². The Morgan fingerprint density at radius 3 is 2.54 bits per heavy atom. The summed E-state index contributed by atoms with van der Waals surface area (Å²) >= 11 is 0. The molecule has 1 fully saturated rings. The molecule has 2 aromatic heterocycles. The Labute approximate surface area is 203 Å². The highest BCUT2D eigenvalue weighted by Gasteiger charge is 2.36. The third-order valence-corrected chi connectivity index (χ3v) is 8.26. The summed E-state index contributed by atoms with van der Waals surface area (Å²) < 4.78 is 43.3. The molecule has 4 aromatic rings. The van der Waals surface area contributed by atoms with Gasteiger partial charge >= 0.3 is 0 Å². The number of nitrogens with zero attached hydrogens (tertiary/aromatic N) is 7. The minimum Gasteiger partial charge on any atom is -0.294 e. The molecule has 35 heavy (non-hydrogen) atoms. The van der Waals surface area contributed by atoms with Gasteiger partial charge in [0, 0.05) is 38.1 Å². The summed E-state index contributed by atoms with van der Waals surface area (Å²) in [4.78, 5) is 3.61. The lowest BCUT2D eigenvalue weighted by Crippen LogP contribution is -2.50. The fraction of sp³-hybridized carbons (Fsp3) is 0.375. The molecule has 184 valence electrons. The smallest absolute Gasteiger partial charge is 0.264 e. The van der Waals surface area contributed by atoms with E-state index in [1.165, 1.54) is 27.4 Å². The first-order valence-corrected chi connectivity index (χ1v) is 13.1. The molecule has 2 aromatic carbocycles. The molecule has 11 heteroatoms. The van der Waals surface area contributed by atoms with Crippen LogP contribution in [-0.4, -0.2) is 68.6 Å². The second-order valence-corrected chi connectivity index (χ2v) is 10.8. The van der Waals surface area contributed by atoms with E-state index in [1.807, 2.05) is 6.92 Å². The van der Waals surface area contributed by atoms with Crippen LogP contribution in [0.2, 0.25) is 0 Å². The van der Waals surface area contributed by atoms with Crippen LogP contribution in [0, 0.1) is 12.7 Å². The van der Waals surface area contributed by atoms with Crippen LogP contribution in [0.25, 0.3) is 16.6 Å². The Balaban J connectivity index is 1.52. The van der Waals surface area contributed by atoms with Crippen molar-refractivity contribution in [2.24, 2.45) is 7.05 Å². The van der Waals surface area contributed by atoms with Crippen molar-refractivity contribution < 1.29 is 12.8 Å². The van der Waals surface area contributed by atoms with Crippen molar-refractivity contribution in [3.05, 3.63) is 65.7 Å². The molecule has 0 amide bonds. The van der Waals surface area contributed by atoms with E-state index in [0.29, 0.717) is 19.6 Å². The van der Waals surface area contributed by atoms with E-state index in [-0.39, 0.29) is 16.9 Å². The summed E-state index contributed by atoms with van der Waals surface area (Å²) in [6, 6.07) is 10.3. The quantitative estimate of drug-likeness (QED) is 0.407. The maximum atomic E-state index is 13.4. The molecule has 0 aliphatic carbocycles. The minimum absolute atomic E-state index is 0.0320. The fourth-order valence-electron chi connectivity index (χ4n) is 4.78. The molecule has 0 bridgehead atoms. The molecular formula is C24H28FN7O2S. The van der Waals surface area contributed by atoms with Gasteiger partial charge in [-0.1, -0.05) is 6.92 Å². The maximum absolute atomic E-state index is 13.4. The van der Waals surface area contributed by atoms with E-state index in [4.69, 9.17) is 0 Å². The molecule has 3 heterocycles. The molecule has 5 rings (SSSR count). The minimum atomic E-state index is -3.75. The van der Waals surface area contributed by atoms with Crippen LogP contribution in [0.5, 0.6) is 0 Å². The number of aryl methyl sites for hydroxylation is 2. The van der Waals surface area contributed by atoms with Crippen molar-refractivity contribution in [2.45, 2.75) is 31.3 Å². The highest BCUT2D eigenvalue weighted by Crippen LogP contribution is 2.33. The van der Waals surface area contributed by atoms with Gasteiger partial charge in [-0.25, -0.2) is 17.5 Å². The molecule has 9 nitrogen and oxygen atoms in total. The largest absolute Gasteiger partial charge is 0.294 e. The van der Waals surface area contributed by atoms with Gasteiger partial charge in [-0.05, 0) is 67.4 Å². The third-order valence-electron chi connectivity index (χ3n) is 6.53. The van der Waals surface area contributed by atoms with E-state index in [2.05, 4.69) is 39.3 Å². The summed E-state index contributed by atoms with van der Waals surface area (Å²) in [6.07, 6.45) is 4.06.